The third-order valence-electron chi connectivity index (χ3n) is 4.14. The van der Waals surface area contributed by atoms with Crippen LogP contribution in [-0.2, 0) is 14.8 Å². The van der Waals surface area contributed by atoms with Gasteiger partial charge in [0.2, 0.25) is 15.9 Å². The fraction of sp³-hybridized carbons (Fsp3) is 0.562. The van der Waals surface area contributed by atoms with Crippen molar-refractivity contribution in [1.29, 1.82) is 0 Å². The zero-order valence-electron chi connectivity index (χ0n) is 13.4. The van der Waals surface area contributed by atoms with E-state index >= 15 is 0 Å². The Kier molecular flexibility index (Phi) is 6.06. The van der Waals surface area contributed by atoms with Gasteiger partial charge in [-0.25, -0.2) is 13.1 Å². The summed E-state index contributed by atoms with van der Waals surface area (Å²) in [5.74, 6) is -0.119. The van der Waals surface area contributed by atoms with Crippen LogP contribution in [0.4, 0.5) is 5.69 Å². The molecule has 0 unspecified atom stereocenters. The third-order valence-corrected chi connectivity index (χ3v) is 6.28. The Balaban J connectivity index is 1.85. The molecule has 0 aliphatic heterocycles. The molecule has 0 atom stereocenters. The molecular formula is C16H23ClN2O3S. The molecule has 1 aliphatic rings. The summed E-state index contributed by atoms with van der Waals surface area (Å²) >= 11 is 5.90. The number of benzene rings is 1. The largest absolute Gasteiger partial charge is 0.326 e. The number of rotatable bonds is 5. The average molecular weight is 359 g/mol. The summed E-state index contributed by atoms with van der Waals surface area (Å²) in [5, 5.41) is 3.01. The number of carbonyl (C=O) groups excluding carboxylic acids is 1. The lowest BCUT2D eigenvalue weighted by Crippen LogP contribution is -2.42. The molecule has 1 amide bonds. The second-order valence-corrected chi connectivity index (χ2v) is 8.96. The number of anilines is 1. The molecule has 1 aromatic rings. The van der Waals surface area contributed by atoms with Crippen LogP contribution in [0.5, 0.6) is 0 Å². The molecule has 2 rings (SSSR count). The minimum Gasteiger partial charge on any atom is -0.326 e. The quantitative estimate of drug-likeness (QED) is 0.848. The van der Waals surface area contributed by atoms with E-state index in [9.17, 15) is 13.2 Å². The van der Waals surface area contributed by atoms with E-state index in [2.05, 4.69) is 10.0 Å². The molecule has 0 radical (unpaired) electrons. The van der Waals surface area contributed by atoms with E-state index in [0.717, 1.165) is 0 Å². The Morgan fingerprint density at radius 3 is 2.43 bits per heavy atom. The van der Waals surface area contributed by atoms with Gasteiger partial charge in [-0.15, -0.1) is 0 Å². The summed E-state index contributed by atoms with van der Waals surface area (Å²) in [6.07, 6.45) is 2.72. The second kappa shape index (κ2) is 7.64. The van der Waals surface area contributed by atoms with Gasteiger partial charge in [0.25, 0.3) is 0 Å². The molecule has 1 aliphatic carbocycles. The summed E-state index contributed by atoms with van der Waals surface area (Å²) in [7, 11) is -3.25. The van der Waals surface area contributed by atoms with E-state index < -0.39 is 15.3 Å². The van der Waals surface area contributed by atoms with E-state index in [1.165, 1.54) is 0 Å². The van der Waals surface area contributed by atoms with Gasteiger partial charge < -0.3 is 5.32 Å². The molecule has 0 aromatic heterocycles. The Morgan fingerprint density at radius 2 is 1.87 bits per heavy atom. The molecule has 1 saturated carbocycles. The minimum absolute atomic E-state index is 0.0302. The number of halogens is 1. The Morgan fingerprint density at radius 1 is 1.22 bits per heavy atom. The Labute approximate surface area is 142 Å². The number of nitrogens with one attached hydrogen (secondary N) is 2. The molecular weight excluding hydrogens is 336 g/mol. The smallest absolute Gasteiger partial charge is 0.227 e. The number of sulfonamides is 1. The maximum Gasteiger partial charge on any atom is 0.227 e. The second-order valence-electron chi connectivity index (χ2n) is 6.26. The summed E-state index contributed by atoms with van der Waals surface area (Å²) in [5.41, 5.74) is 0.685. The van der Waals surface area contributed by atoms with E-state index in [4.69, 9.17) is 11.6 Å². The van der Waals surface area contributed by atoms with Crippen LogP contribution in [0.1, 0.15) is 39.5 Å². The zero-order valence-corrected chi connectivity index (χ0v) is 15.0. The van der Waals surface area contributed by atoms with Gasteiger partial charge in [-0.1, -0.05) is 17.7 Å². The van der Waals surface area contributed by atoms with Crippen LogP contribution in [0, 0.1) is 5.92 Å². The molecule has 1 aromatic carbocycles. The number of amides is 1. The van der Waals surface area contributed by atoms with Crippen molar-refractivity contribution in [1.82, 2.24) is 4.72 Å². The molecule has 7 heteroatoms. The average Bonchev–Trinajstić information content (AvgIpc) is 2.47. The van der Waals surface area contributed by atoms with Crippen LogP contribution in [0.3, 0.4) is 0 Å². The fourth-order valence-corrected chi connectivity index (χ4v) is 3.82. The predicted molar refractivity (Wildman–Crippen MR) is 93.0 cm³/mol. The van der Waals surface area contributed by atoms with Gasteiger partial charge in [-0.3, -0.25) is 4.79 Å². The van der Waals surface area contributed by atoms with Gasteiger partial charge in [0.1, 0.15) is 0 Å². The normalized spacial score (nSPS) is 22.1. The van der Waals surface area contributed by atoms with Gasteiger partial charge in [-0.2, -0.15) is 0 Å². The van der Waals surface area contributed by atoms with Crippen molar-refractivity contribution in [3.63, 3.8) is 0 Å². The van der Waals surface area contributed by atoms with Crippen molar-refractivity contribution in [3.8, 4) is 0 Å². The number of hydrogen-bond acceptors (Lipinski definition) is 3. The van der Waals surface area contributed by atoms with Crippen molar-refractivity contribution >= 4 is 33.2 Å². The first-order chi connectivity index (χ1) is 10.8. The Hall–Kier alpha value is -1.11. The van der Waals surface area contributed by atoms with Crippen molar-refractivity contribution in [2.45, 2.75) is 50.8 Å². The highest BCUT2D eigenvalue weighted by molar-refractivity contribution is 7.90. The van der Waals surface area contributed by atoms with Gasteiger partial charge >= 0.3 is 0 Å². The summed E-state index contributed by atoms with van der Waals surface area (Å²) in [6, 6.07) is 6.98. The standard InChI is InChI=1S/C16H23ClN2O3S/c1-11(2)23(21,22)19-14-8-6-12(7-9-14)16(20)18-15-5-3-4-13(17)10-15/h3-5,10-12,14,19H,6-9H2,1-2H3,(H,18,20)/t12-,14-. The molecule has 23 heavy (non-hydrogen) atoms. The van der Waals surface area contributed by atoms with Crippen LogP contribution in [-0.4, -0.2) is 25.6 Å². The molecule has 0 saturated heterocycles. The fourth-order valence-electron chi connectivity index (χ4n) is 2.65. The highest BCUT2D eigenvalue weighted by Crippen LogP contribution is 2.26. The molecule has 1 fully saturated rings. The van der Waals surface area contributed by atoms with Crippen LogP contribution in [0.2, 0.25) is 5.02 Å². The number of carbonyl (C=O) groups is 1. The maximum absolute atomic E-state index is 12.3. The van der Waals surface area contributed by atoms with Crippen LogP contribution in [0.25, 0.3) is 0 Å². The molecule has 2 N–H and O–H groups in total. The highest BCUT2D eigenvalue weighted by Gasteiger charge is 2.29. The van der Waals surface area contributed by atoms with Crippen molar-refractivity contribution in [2.24, 2.45) is 5.92 Å². The summed E-state index contributed by atoms with van der Waals surface area (Å²) < 4.78 is 26.5. The lowest BCUT2D eigenvalue weighted by atomic mass is 9.86. The predicted octanol–water partition coefficient (Wildman–Crippen LogP) is 3.17. The van der Waals surface area contributed by atoms with Gasteiger partial charge in [0.15, 0.2) is 0 Å². The number of hydrogen-bond donors (Lipinski definition) is 2. The molecule has 5 nitrogen and oxygen atoms in total. The Bertz CT molecular complexity index is 653. The van der Waals surface area contributed by atoms with Gasteiger partial charge in [0, 0.05) is 22.7 Å². The first kappa shape index (κ1) is 18.2. The zero-order chi connectivity index (χ0) is 17.0. The first-order valence-corrected chi connectivity index (χ1v) is 9.78. The van der Waals surface area contributed by atoms with E-state index in [0.29, 0.717) is 36.4 Å². The molecule has 128 valence electrons. The topological polar surface area (TPSA) is 75.3 Å². The van der Waals surface area contributed by atoms with E-state index in [-0.39, 0.29) is 17.9 Å². The highest BCUT2D eigenvalue weighted by atomic mass is 35.5. The molecule has 0 spiro atoms. The summed E-state index contributed by atoms with van der Waals surface area (Å²) in [6.45, 7) is 3.32. The monoisotopic (exact) mass is 358 g/mol. The lowest BCUT2D eigenvalue weighted by molar-refractivity contribution is -0.120. The van der Waals surface area contributed by atoms with Gasteiger partial charge in [-0.05, 0) is 57.7 Å². The van der Waals surface area contributed by atoms with Crippen LogP contribution in [0.15, 0.2) is 24.3 Å². The third kappa shape index (κ3) is 5.19. The van der Waals surface area contributed by atoms with E-state index in [1.54, 1.807) is 38.1 Å². The summed E-state index contributed by atoms with van der Waals surface area (Å²) in [4.78, 5) is 12.3. The van der Waals surface area contributed by atoms with Crippen molar-refractivity contribution in [3.05, 3.63) is 29.3 Å². The van der Waals surface area contributed by atoms with Crippen LogP contribution < -0.4 is 10.0 Å². The molecule has 0 heterocycles. The maximum atomic E-state index is 12.3. The van der Waals surface area contributed by atoms with Crippen molar-refractivity contribution < 1.29 is 13.2 Å². The SMILES string of the molecule is CC(C)S(=O)(=O)N[C@H]1CC[C@H](C(=O)Nc2cccc(Cl)c2)CC1. The first-order valence-electron chi connectivity index (χ1n) is 7.85. The molecule has 0 bridgehead atoms. The lowest BCUT2D eigenvalue weighted by Gasteiger charge is -2.28. The minimum atomic E-state index is -3.25. The van der Waals surface area contributed by atoms with Gasteiger partial charge in [0.05, 0.1) is 5.25 Å². The van der Waals surface area contributed by atoms with E-state index in [1.807, 2.05) is 0 Å². The van der Waals surface area contributed by atoms with Crippen molar-refractivity contribution in [2.75, 3.05) is 5.32 Å². The van der Waals surface area contributed by atoms with Crippen LogP contribution >= 0.6 is 11.6 Å².